The summed E-state index contributed by atoms with van der Waals surface area (Å²) in [5, 5.41) is 0. The van der Waals surface area contributed by atoms with E-state index in [-0.39, 0.29) is 81.3 Å². The van der Waals surface area contributed by atoms with Gasteiger partial charge in [-0.2, -0.15) is 0 Å². The Morgan fingerprint density at radius 2 is 0.544 bits per heavy atom. The Bertz CT molecular complexity index is 3900. The van der Waals surface area contributed by atoms with E-state index in [9.17, 15) is 8.22 Å². The lowest BCUT2D eigenvalue weighted by Gasteiger charge is -2.42. The van der Waals surface area contributed by atoms with Crippen molar-refractivity contribution in [3.63, 3.8) is 0 Å². The SMILES string of the molecule is [2H]c1cc(-c2nc(-c3ccccc3)nc(-c3ccccc3-c3ccccc3)n2)c([2H])c2c1C1c3c([2H])c(-c4nc(-c5ccccc5)nc(-c5ccccc5-c5ccccc5)n4)cc([2H])c3C2c2c([2H])c([2H])c([2H])c([2H])c21. The molecule has 0 N–H and O–H groups in total. The van der Waals surface area contributed by atoms with E-state index >= 15 is 0 Å². The van der Waals surface area contributed by atoms with E-state index in [1.807, 2.05) is 170 Å². The summed E-state index contributed by atoms with van der Waals surface area (Å²) >= 11 is 0. The third kappa shape index (κ3) is 6.81. The molecule has 68 heavy (non-hydrogen) atoms. The number of benzene rings is 9. The van der Waals surface area contributed by atoms with Crippen LogP contribution in [-0.2, 0) is 0 Å². The standard InChI is InChI=1S/C62H40N6/c1-5-19-39(20-6-1)45-27-13-17-31-51(45)61-65-57(41-23-9-3-10-24-41)63-59(67-61)43-33-35-49-53(37-43)55-47-29-15-16-30-48(47)56(49)54-38-44(34-36-50(54)55)60-64-58(42-25-11-4-12-26-42)66-62(68-60)52-32-18-14-28-46(52)40-21-7-2-8-22-40/h1-38,55-56H/i15D,16D,29D,30D,35D,36D,37D,38D. The fourth-order valence-corrected chi connectivity index (χ4v) is 9.54. The molecule has 3 aliphatic rings. The van der Waals surface area contributed by atoms with Crippen LogP contribution in [-0.4, -0.2) is 29.9 Å². The van der Waals surface area contributed by atoms with E-state index in [0.29, 0.717) is 45.6 Å². The molecule has 0 fully saturated rings. The largest absolute Gasteiger partial charge is 0.208 e. The molecule has 2 atom stereocenters. The second-order valence-electron chi connectivity index (χ2n) is 16.7. The van der Waals surface area contributed by atoms with E-state index < -0.39 is 23.9 Å². The second kappa shape index (κ2) is 16.5. The quantitative estimate of drug-likeness (QED) is 0.151. The first-order valence-electron chi connectivity index (χ1n) is 26.4. The van der Waals surface area contributed by atoms with Crippen LogP contribution in [0.3, 0.4) is 0 Å². The summed E-state index contributed by atoms with van der Waals surface area (Å²) in [5.74, 6) is -0.681. The molecule has 2 heterocycles. The van der Waals surface area contributed by atoms with Gasteiger partial charge in [-0.3, -0.25) is 0 Å². The molecule has 0 spiro atoms. The van der Waals surface area contributed by atoms with Crippen molar-refractivity contribution in [1.82, 2.24) is 29.9 Å². The number of aromatic nitrogens is 6. The first kappa shape index (κ1) is 31.8. The van der Waals surface area contributed by atoms with Crippen molar-refractivity contribution < 1.29 is 11.0 Å². The molecule has 0 saturated heterocycles. The van der Waals surface area contributed by atoms with Crippen molar-refractivity contribution in [2.75, 3.05) is 0 Å². The predicted octanol–water partition coefficient (Wildman–Crippen LogP) is 14.4. The molecule has 0 saturated carbocycles. The summed E-state index contributed by atoms with van der Waals surface area (Å²) in [6.07, 6.45) is 0. The van der Waals surface area contributed by atoms with Gasteiger partial charge in [0.25, 0.3) is 0 Å². The molecule has 6 heteroatoms. The molecule has 14 rings (SSSR count). The lowest BCUT2D eigenvalue weighted by atomic mass is 9.61. The van der Waals surface area contributed by atoms with E-state index in [2.05, 4.69) is 0 Å². The van der Waals surface area contributed by atoms with Gasteiger partial charge < -0.3 is 0 Å². The zero-order valence-corrected chi connectivity index (χ0v) is 36.2. The highest BCUT2D eigenvalue weighted by Gasteiger charge is 2.41. The lowest BCUT2D eigenvalue weighted by Crippen LogP contribution is -2.27. The number of nitrogens with zero attached hydrogens (tertiary/aromatic N) is 6. The topological polar surface area (TPSA) is 77.3 Å². The molecule has 9 aromatic carbocycles. The number of hydrogen-bond acceptors (Lipinski definition) is 6. The summed E-state index contributed by atoms with van der Waals surface area (Å²) in [6.45, 7) is 0. The van der Waals surface area contributed by atoms with Gasteiger partial charge in [-0.05, 0) is 67.7 Å². The lowest BCUT2D eigenvalue weighted by molar-refractivity contribution is 0.754. The van der Waals surface area contributed by atoms with Crippen LogP contribution in [0.1, 0.15) is 56.2 Å². The zero-order valence-electron chi connectivity index (χ0n) is 44.2. The van der Waals surface area contributed by atoms with Gasteiger partial charge in [0.05, 0.1) is 11.0 Å². The first-order chi connectivity index (χ1) is 37.0. The molecule has 2 aromatic heterocycles. The Labute approximate surface area is 405 Å². The van der Waals surface area contributed by atoms with Gasteiger partial charge >= 0.3 is 0 Å². The molecule has 318 valence electrons. The molecule has 11 aromatic rings. The van der Waals surface area contributed by atoms with Crippen molar-refractivity contribution in [2.24, 2.45) is 0 Å². The zero-order chi connectivity index (χ0) is 51.9. The van der Waals surface area contributed by atoms with Gasteiger partial charge in [0.15, 0.2) is 34.9 Å². The normalized spacial score (nSPS) is 15.8. The third-order valence-electron chi connectivity index (χ3n) is 12.7. The highest BCUT2D eigenvalue weighted by Crippen LogP contribution is 2.56. The van der Waals surface area contributed by atoms with E-state index in [1.165, 1.54) is 12.1 Å². The van der Waals surface area contributed by atoms with Crippen molar-refractivity contribution >= 4 is 0 Å². The molecular weight excluding hydrogens is 829 g/mol. The minimum atomic E-state index is -1.16. The Kier molecular flexibility index (Phi) is 7.70. The Balaban J connectivity index is 1.04. The maximum Gasteiger partial charge on any atom is 0.164 e. The summed E-state index contributed by atoms with van der Waals surface area (Å²) in [6, 6.07) is 55.6. The van der Waals surface area contributed by atoms with Gasteiger partial charge in [0.1, 0.15) is 0 Å². The van der Waals surface area contributed by atoms with Crippen molar-refractivity contribution in [3.8, 4) is 90.6 Å². The highest BCUT2D eigenvalue weighted by molar-refractivity contribution is 5.84. The summed E-state index contributed by atoms with van der Waals surface area (Å²) in [4.78, 5) is 30.1. The molecule has 0 aliphatic heterocycles. The van der Waals surface area contributed by atoms with Crippen molar-refractivity contribution in [3.05, 3.63) is 264 Å². The van der Waals surface area contributed by atoms with E-state index in [1.54, 1.807) is 0 Å². The van der Waals surface area contributed by atoms with Gasteiger partial charge in [-0.1, -0.05) is 218 Å². The fourth-order valence-electron chi connectivity index (χ4n) is 9.54. The fraction of sp³-hybridized carbons (Fsp3) is 0.0323. The van der Waals surface area contributed by atoms with Crippen LogP contribution in [0.2, 0.25) is 0 Å². The van der Waals surface area contributed by atoms with Crippen LogP contribution in [0.25, 0.3) is 90.6 Å². The smallest absolute Gasteiger partial charge is 0.164 e. The predicted molar refractivity (Wildman–Crippen MR) is 271 cm³/mol. The maximum atomic E-state index is 10.2. The maximum absolute atomic E-state index is 10.2. The molecule has 0 radical (unpaired) electrons. The Morgan fingerprint density at radius 1 is 0.250 bits per heavy atom. The van der Waals surface area contributed by atoms with Crippen LogP contribution in [0.15, 0.2) is 230 Å². The van der Waals surface area contributed by atoms with Crippen molar-refractivity contribution in [1.29, 1.82) is 0 Å². The highest BCUT2D eigenvalue weighted by atomic mass is 15.0. The molecule has 2 bridgehead atoms. The molecule has 3 aliphatic carbocycles. The molecule has 0 amide bonds. The van der Waals surface area contributed by atoms with Crippen LogP contribution in [0.5, 0.6) is 0 Å². The van der Waals surface area contributed by atoms with Crippen molar-refractivity contribution in [2.45, 2.75) is 11.8 Å². The van der Waals surface area contributed by atoms with Crippen LogP contribution >= 0.6 is 0 Å². The molecule has 6 nitrogen and oxygen atoms in total. The Hall–Kier alpha value is -9.00. The Morgan fingerprint density at radius 3 is 0.926 bits per heavy atom. The average molecular weight is 877 g/mol. The van der Waals surface area contributed by atoms with Gasteiger partial charge in [0.2, 0.25) is 0 Å². The first-order valence-corrected chi connectivity index (χ1v) is 22.4. The van der Waals surface area contributed by atoms with E-state index in [4.69, 9.17) is 32.6 Å². The minimum Gasteiger partial charge on any atom is -0.208 e. The molecule has 2 unspecified atom stereocenters. The summed E-state index contributed by atoms with van der Waals surface area (Å²) in [7, 11) is 0. The second-order valence-corrected chi connectivity index (χ2v) is 16.7. The van der Waals surface area contributed by atoms with Crippen LogP contribution in [0, 0.1) is 0 Å². The summed E-state index contributed by atoms with van der Waals surface area (Å²) < 4.78 is 77.1. The van der Waals surface area contributed by atoms with Gasteiger partial charge in [0, 0.05) is 45.2 Å². The summed E-state index contributed by atoms with van der Waals surface area (Å²) in [5.41, 5.74) is 8.52. The number of hydrogen-bond donors (Lipinski definition) is 0. The van der Waals surface area contributed by atoms with E-state index in [0.717, 1.165) is 33.4 Å². The molecular formula is C62H40N6. The van der Waals surface area contributed by atoms with Gasteiger partial charge in [-0.25, -0.2) is 29.9 Å². The van der Waals surface area contributed by atoms with Crippen LogP contribution in [0.4, 0.5) is 0 Å². The monoisotopic (exact) mass is 876 g/mol. The number of rotatable bonds is 8. The average Bonchev–Trinajstić information content (AvgIpc) is 3.53. The third-order valence-corrected chi connectivity index (χ3v) is 12.7. The minimum absolute atomic E-state index is 0.0460. The van der Waals surface area contributed by atoms with Gasteiger partial charge in [-0.15, -0.1) is 0 Å². The van der Waals surface area contributed by atoms with Crippen LogP contribution < -0.4 is 0 Å².